The molecule has 1 fully saturated rings. The van der Waals surface area contributed by atoms with Crippen LogP contribution in [0.3, 0.4) is 0 Å². The lowest BCUT2D eigenvalue weighted by atomic mass is 9.96. The van der Waals surface area contributed by atoms with Crippen molar-refractivity contribution in [3.63, 3.8) is 0 Å². The quantitative estimate of drug-likeness (QED) is 0.668. The first kappa shape index (κ1) is 14.3. The van der Waals surface area contributed by atoms with Gasteiger partial charge in [0.05, 0.1) is 12.6 Å². The van der Waals surface area contributed by atoms with Crippen molar-refractivity contribution in [1.29, 1.82) is 0 Å². The predicted molar refractivity (Wildman–Crippen MR) is 68.9 cm³/mol. The molecule has 0 spiro atoms. The van der Waals surface area contributed by atoms with E-state index >= 15 is 0 Å². The van der Waals surface area contributed by atoms with E-state index in [2.05, 4.69) is 17.6 Å². The third-order valence-electron chi connectivity index (χ3n) is 3.40. The van der Waals surface area contributed by atoms with Crippen LogP contribution in [0, 0.1) is 0 Å². The van der Waals surface area contributed by atoms with E-state index in [4.69, 9.17) is 5.11 Å². The molecule has 1 atom stereocenters. The Bertz CT molecular complexity index is 215. The van der Waals surface area contributed by atoms with Crippen LogP contribution in [-0.4, -0.2) is 29.8 Å². The number of carbonyl (C=O) groups is 1. The van der Waals surface area contributed by atoms with Gasteiger partial charge in [0.2, 0.25) is 0 Å². The van der Waals surface area contributed by atoms with Gasteiger partial charge in [0, 0.05) is 6.04 Å². The van der Waals surface area contributed by atoms with Crippen LogP contribution >= 0.6 is 0 Å². The van der Waals surface area contributed by atoms with Crippen molar-refractivity contribution >= 4 is 6.03 Å². The maximum Gasteiger partial charge on any atom is 0.315 e. The van der Waals surface area contributed by atoms with Gasteiger partial charge in [-0.15, -0.1) is 0 Å². The summed E-state index contributed by atoms with van der Waals surface area (Å²) in [5.41, 5.74) is 0. The minimum atomic E-state index is -0.118. The van der Waals surface area contributed by atoms with Gasteiger partial charge in [-0.2, -0.15) is 0 Å². The van der Waals surface area contributed by atoms with Crippen LogP contribution in [0.25, 0.3) is 0 Å². The first-order valence-electron chi connectivity index (χ1n) is 6.94. The summed E-state index contributed by atoms with van der Waals surface area (Å²) < 4.78 is 0. The lowest BCUT2D eigenvalue weighted by molar-refractivity contribution is 0.206. The minimum Gasteiger partial charge on any atom is -0.394 e. The Balaban J connectivity index is 2.21. The van der Waals surface area contributed by atoms with Crippen LogP contribution in [0.2, 0.25) is 0 Å². The van der Waals surface area contributed by atoms with E-state index in [9.17, 15) is 4.79 Å². The van der Waals surface area contributed by atoms with Gasteiger partial charge >= 0.3 is 6.03 Å². The fourth-order valence-electron chi connectivity index (χ4n) is 2.32. The van der Waals surface area contributed by atoms with Gasteiger partial charge in [0.15, 0.2) is 0 Å². The highest BCUT2D eigenvalue weighted by molar-refractivity contribution is 5.74. The lowest BCUT2D eigenvalue weighted by Gasteiger charge is -2.24. The molecule has 3 N–H and O–H groups in total. The number of hydrogen-bond acceptors (Lipinski definition) is 2. The smallest absolute Gasteiger partial charge is 0.315 e. The molecule has 0 bridgehead atoms. The molecule has 0 saturated heterocycles. The molecule has 0 aromatic rings. The molecule has 17 heavy (non-hydrogen) atoms. The number of rotatable bonds is 6. The molecule has 0 radical (unpaired) electrons. The van der Waals surface area contributed by atoms with Crippen molar-refractivity contribution < 1.29 is 9.90 Å². The summed E-state index contributed by atoms with van der Waals surface area (Å²) in [6, 6.07) is 0.111. The Morgan fingerprint density at radius 2 is 2.06 bits per heavy atom. The second-order valence-corrected chi connectivity index (χ2v) is 4.97. The molecular weight excluding hydrogens is 216 g/mol. The van der Waals surface area contributed by atoms with Crippen molar-refractivity contribution in [3.05, 3.63) is 0 Å². The number of nitrogens with one attached hydrogen (secondary N) is 2. The van der Waals surface area contributed by atoms with Gasteiger partial charge in [-0.1, -0.05) is 39.0 Å². The Labute approximate surface area is 104 Å². The van der Waals surface area contributed by atoms with Gasteiger partial charge < -0.3 is 15.7 Å². The predicted octanol–water partition coefficient (Wildman–Crippen LogP) is 2.17. The Kier molecular flexibility index (Phi) is 7.01. The van der Waals surface area contributed by atoms with E-state index in [1.54, 1.807) is 0 Å². The van der Waals surface area contributed by atoms with Crippen LogP contribution in [0.4, 0.5) is 4.79 Å². The van der Waals surface area contributed by atoms with E-state index in [-0.39, 0.29) is 18.7 Å². The number of hydrogen-bond donors (Lipinski definition) is 3. The van der Waals surface area contributed by atoms with Gasteiger partial charge in [-0.25, -0.2) is 4.79 Å². The molecule has 1 aliphatic rings. The van der Waals surface area contributed by atoms with Crippen molar-refractivity contribution in [1.82, 2.24) is 10.6 Å². The van der Waals surface area contributed by atoms with Crippen LogP contribution in [0.5, 0.6) is 0 Å². The monoisotopic (exact) mass is 242 g/mol. The van der Waals surface area contributed by atoms with Gasteiger partial charge in [-0.3, -0.25) is 0 Å². The third-order valence-corrected chi connectivity index (χ3v) is 3.40. The van der Waals surface area contributed by atoms with Crippen molar-refractivity contribution in [2.24, 2.45) is 0 Å². The largest absolute Gasteiger partial charge is 0.394 e. The summed E-state index contributed by atoms with van der Waals surface area (Å²) in [5, 5.41) is 15.0. The fourth-order valence-corrected chi connectivity index (χ4v) is 2.32. The molecular formula is C13H26N2O2. The van der Waals surface area contributed by atoms with E-state index < -0.39 is 0 Å². The molecule has 4 nitrogen and oxygen atoms in total. The summed E-state index contributed by atoms with van der Waals surface area (Å²) in [7, 11) is 0. The zero-order valence-electron chi connectivity index (χ0n) is 10.9. The molecule has 1 unspecified atom stereocenters. The number of amides is 2. The highest BCUT2D eigenvalue weighted by Gasteiger charge is 2.17. The Morgan fingerprint density at radius 3 is 2.65 bits per heavy atom. The summed E-state index contributed by atoms with van der Waals surface area (Å²) in [4.78, 5) is 11.7. The second kappa shape index (κ2) is 8.34. The maximum atomic E-state index is 11.7. The molecule has 0 aliphatic heterocycles. The molecule has 0 aromatic heterocycles. The van der Waals surface area contributed by atoms with Crippen LogP contribution < -0.4 is 10.6 Å². The van der Waals surface area contributed by atoms with Crippen LogP contribution in [0.15, 0.2) is 0 Å². The average molecular weight is 242 g/mol. The number of aliphatic hydroxyl groups is 1. The van der Waals surface area contributed by atoms with Gasteiger partial charge in [-0.05, 0) is 19.3 Å². The second-order valence-electron chi connectivity index (χ2n) is 4.97. The molecule has 100 valence electrons. The number of unbranched alkanes of at least 4 members (excludes halogenated alkanes) is 1. The molecule has 1 rings (SSSR count). The fraction of sp³-hybridized carbons (Fsp3) is 0.923. The zero-order chi connectivity index (χ0) is 12.5. The molecule has 2 amide bonds. The van der Waals surface area contributed by atoms with E-state index in [0.717, 1.165) is 32.1 Å². The molecule has 0 aromatic carbocycles. The summed E-state index contributed by atoms with van der Waals surface area (Å²) >= 11 is 0. The number of urea groups is 1. The van der Waals surface area contributed by atoms with Gasteiger partial charge in [0.1, 0.15) is 0 Å². The number of carbonyl (C=O) groups excluding carboxylic acids is 1. The average Bonchev–Trinajstić information content (AvgIpc) is 2.35. The van der Waals surface area contributed by atoms with Crippen molar-refractivity contribution in [2.75, 3.05) is 6.61 Å². The highest BCUT2D eigenvalue weighted by atomic mass is 16.3. The lowest BCUT2D eigenvalue weighted by Crippen LogP contribution is -2.47. The van der Waals surface area contributed by atoms with E-state index in [0.29, 0.717) is 6.04 Å². The van der Waals surface area contributed by atoms with E-state index in [1.165, 1.54) is 19.3 Å². The maximum absolute atomic E-state index is 11.7. The summed E-state index contributed by atoms with van der Waals surface area (Å²) in [5.74, 6) is 0. The van der Waals surface area contributed by atoms with E-state index in [1.807, 2.05) is 0 Å². The zero-order valence-corrected chi connectivity index (χ0v) is 10.9. The van der Waals surface area contributed by atoms with Crippen LogP contribution in [-0.2, 0) is 0 Å². The number of aliphatic hydroxyl groups excluding tert-OH is 1. The summed E-state index contributed by atoms with van der Waals surface area (Å²) in [6.45, 7) is 2.13. The Hall–Kier alpha value is -0.770. The topological polar surface area (TPSA) is 61.4 Å². The van der Waals surface area contributed by atoms with Gasteiger partial charge in [0.25, 0.3) is 0 Å². The first-order chi connectivity index (χ1) is 8.26. The minimum absolute atomic E-state index is 0.0259. The first-order valence-corrected chi connectivity index (χ1v) is 6.94. The Morgan fingerprint density at radius 1 is 1.35 bits per heavy atom. The highest BCUT2D eigenvalue weighted by Crippen LogP contribution is 2.17. The van der Waals surface area contributed by atoms with Crippen molar-refractivity contribution in [3.8, 4) is 0 Å². The standard InChI is InChI=1S/C13H26N2O2/c1-2-3-7-12(10-16)15-13(17)14-11-8-5-4-6-9-11/h11-12,16H,2-10H2,1H3,(H2,14,15,17). The van der Waals surface area contributed by atoms with Crippen molar-refractivity contribution in [2.45, 2.75) is 70.4 Å². The molecule has 4 heteroatoms. The SMILES string of the molecule is CCCCC(CO)NC(=O)NC1CCCCC1. The molecule has 0 heterocycles. The third kappa shape index (κ3) is 5.91. The van der Waals surface area contributed by atoms with Crippen LogP contribution in [0.1, 0.15) is 58.3 Å². The normalized spacial score (nSPS) is 18.7. The molecule has 1 aliphatic carbocycles. The molecule has 1 saturated carbocycles. The summed E-state index contributed by atoms with van der Waals surface area (Å²) in [6.07, 6.45) is 8.87.